The molecule has 0 unspecified atom stereocenters. The van der Waals surface area contributed by atoms with Crippen molar-refractivity contribution in [3.8, 4) is 34.5 Å². The first-order valence-corrected chi connectivity index (χ1v) is 19.8. The summed E-state index contributed by atoms with van der Waals surface area (Å²) in [5.41, 5.74) is 1.40. The van der Waals surface area contributed by atoms with Crippen molar-refractivity contribution >= 4 is 58.0 Å². The smallest absolute Gasteiger partial charge is 0.870 e. The maximum Gasteiger partial charge on any atom is 2.00 e. The maximum absolute atomic E-state index is 12.5. The Morgan fingerprint density at radius 1 is 0.569 bits per heavy atom. The van der Waals surface area contributed by atoms with Gasteiger partial charge in [0.05, 0.1) is 4.90 Å². The molecule has 0 aliphatic rings. The fourth-order valence-corrected chi connectivity index (χ4v) is 6.47. The molecule has 272 valence electrons. The standard InChI is InChI=1S/2C19H24O5S.Ca/c2*1-2-3-4-5-6-10-15-11-9-13-17(19(15)20)24-16-12-7-8-14-18(16)25(21,22)23;/h2*7-9,11-14,20H,2-6,10H2,1H3,(H,21,22,23);/q;;+2/p-2. The summed E-state index contributed by atoms with van der Waals surface area (Å²) in [6.07, 6.45) is 12.5. The molecule has 0 fully saturated rings. The number of rotatable bonds is 18. The number of hydrogen-bond acceptors (Lipinski definition) is 9. The monoisotopic (exact) mass is 766 g/mol. The van der Waals surface area contributed by atoms with Crippen LogP contribution in [0.1, 0.15) is 89.2 Å². The zero-order valence-corrected chi connectivity index (χ0v) is 33.1. The van der Waals surface area contributed by atoms with E-state index in [-0.39, 0.29) is 77.1 Å². The number of aryl methyl sites for hydroxylation is 2. The Kier molecular flexibility index (Phi) is 19.4. The van der Waals surface area contributed by atoms with E-state index in [2.05, 4.69) is 13.8 Å². The second-order valence-corrected chi connectivity index (χ2v) is 14.6. The summed E-state index contributed by atoms with van der Waals surface area (Å²) in [4.78, 5) is -0.807. The van der Waals surface area contributed by atoms with Crippen LogP contribution in [0.2, 0.25) is 0 Å². The Morgan fingerprint density at radius 2 is 1.00 bits per heavy atom. The molecule has 0 saturated carbocycles. The summed E-state index contributed by atoms with van der Waals surface area (Å²) >= 11 is 0. The Bertz CT molecular complexity index is 1740. The summed E-state index contributed by atoms with van der Waals surface area (Å²) in [5, 5.41) is 22.9. The quantitative estimate of drug-likeness (QED) is 0.0568. The van der Waals surface area contributed by atoms with Gasteiger partial charge in [0, 0.05) is 0 Å². The summed E-state index contributed by atoms with van der Waals surface area (Å²) in [7, 11) is -9.08. The van der Waals surface area contributed by atoms with Gasteiger partial charge in [-0.2, -0.15) is 8.42 Å². The van der Waals surface area contributed by atoms with Crippen molar-refractivity contribution in [3.63, 3.8) is 0 Å². The third kappa shape index (κ3) is 14.6. The van der Waals surface area contributed by atoms with Crippen LogP contribution in [0.15, 0.2) is 94.7 Å². The van der Waals surface area contributed by atoms with Crippen molar-refractivity contribution in [2.24, 2.45) is 0 Å². The largest absolute Gasteiger partial charge is 2.00 e. The first kappa shape index (κ1) is 44.3. The molecule has 0 aliphatic carbocycles. The molecule has 0 saturated heterocycles. The molecule has 0 bridgehead atoms. The van der Waals surface area contributed by atoms with Gasteiger partial charge >= 0.3 is 37.7 Å². The van der Waals surface area contributed by atoms with Crippen molar-refractivity contribution in [3.05, 3.63) is 96.1 Å². The molecule has 13 heteroatoms. The van der Waals surface area contributed by atoms with Gasteiger partial charge in [-0.3, -0.25) is 4.55 Å². The van der Waals surface area contributed by atoms with Crippen LogP contribution in [-0.4, -0.2) is 68.8 Å². The fourth-order valence-electron chi connectivity index (χ4n) is 5.25. The molecular weight excluding hydrogens is 721 g/mol. The zero-order chi connectivity index (χ0) is 36.6. The van der Waals surface area contributed by atoms with Crippen LogP contribution in [0.4, 0.5) is 0 Å². The minimum atomic E-state index is -4.68. The third-order valence-electron chi connectivity index (χ3n) is 7.93. The predicted molar refractivity (Wildman–Crippen MR) is 195 cm³/mol. The number of unbranched alkanes of at least 4 members (excludes halogenated alkanes) is 8. The number of aromatic hydroxyl groups is 1. The van der Waals surface area contributed by atoms with Crippen molar-refractivity contribution in [1.82, 2.24) is 0 Å². The van der Waals surface area contributed by atoms with E-state index in [1.807, 2.05) is 6.07 Å². The van der Waals surface area contributed by atoms with Gasteiger partial charge in [-0.1, -0.05) is 125 Å². The fraction of sp³-hybridized carbons (Fsp3) is 0.368. The first-order valence-electron chi connectivity index (χ1n) is 16.9. The van der Waals surface area contributed by atoms with Crippen LogP contribution >= 0.6 is 0 Å². The maximum atomic E-state index is 12.5. The van der Waals surface area contributed by atoms with Crippen molar-refractivity contribution < 1.29 is 45.6 Å². The molecule has 2 N–H and O–H groups in total. The van der Waals surface area contributed by atoms with Crippen molar-refractivity contribution in [2.75, 3.05) is 0 Å². The molecule has 51 heavy (non-hydrogen) atoms. The summed E-state index contributed by atoms with van der Waals surface area (Å²) in [6.45, 7) is 4.31. The molecule has 0 aromatic heterocycles. The number of phenolic OH excluding ortho intramolecular Hbond substituents is 1. The van der Waals surface area contributed by atoms with E-state index < -0.39 is 25.1 Å². The number of benzene rings is 4. The minimum Gasteiger partial charge on any atom is -0.870 e. The van der Waals surface area contributed by atoms with E-state index in [9.17, 15) is 36.2 Å². The average Bonchev–Trinajstić information content (AvgIpc) is 3.07. The zero-order valence-electron chi connectivity index (χ0n) is 29.3. The first-order chi connectivity index (χ1) is 23.9. The number of ether oxygens (including phenoxy) is 2. The third-order valence-corrected chi connectivity index (χ3v) is 9.70. The van der Waals surface area contributed by atoms with Crippen LogP contribution in [-0.2, 0) is 33.1 Å². The van der Waals surface area contributed by atoms with Crippen LogP contribution in [0.3, 0.4) is 0 Å². The van der Waals surface area contributed by atoms with Gasteiger partial charge in [-0.05, 0) is 67.6 Å². The van der Waals surface area contributed by atoms with Gasteiger partial charge < -0.3 is 24.2 Å². The van der Waals surface area contributed by atoms with E-state index in [0.717, 1.165) is 50.5 Å². The molecule has 0 heterocycles. The molecule has 10 nitrogen and oxygen atoms in total. The number of para-hydroxylation sites is 4. The SMILES string of the molecule is CCCCCCCc1cccc(Oc2ccccc2S(=O)(=O)O)c1O.CCCCCCCc1cccc(Oc2ccccc2S(=O)(=O)[O-])c1[O-].[Ca+2]. The Labute approximate surface area is 332 Å². The van der Waals surface area contributed by atoms with Crippen molar-refractivity contribution in [2.45, 2.75) is 101 Å². The second-order valence-electron chi connectivity index (χ2n) is 11.9. The molecule has 4 rings (SSSR count). The second kappa shape index (κ2) is 22.3. The van der Waals surface area contributed by atoms with Gasteiger partial charge in [-0.25, -0.2) is 8.42 Å². The topological polar surface area (TPSA) is 173 Å². The Morgan fingerprint density at radius 3 is 1.55 bits per heavy atom. The van der Waals surface area contributed by atoms with Gasteiger partial charge in [0.1, 0.15) is 32.3 Å². The predicted octanol–water partition coefficient (Wildman–Crippen LogP) is 8.53. The summed E-state index contributed by atoms with van der Waals surface area (Å²) in [5.74, 6) is -0.223. The Balaban J connectivity index is 0.000000347. The van der Waals surface area contributed by atoms with Crippen LogP contribution < -0.4 is 14.6 Å². The molecule has 0 amide bonds. The van der Waals surface area contributed by atoms with Crippen LogP contribution in [0.25, 0.3) is 0 Å². The normalized spacial score (nSPS) is 11.2. The van der Waals surface area contributed by atoms with E-state index in [1.54, 1.807) is 36.4 Å². The number of hydrogen-bond donors (Lipinski definition) is 2. The van der Waals surface area contributed by atoms with Crippen molar-refractivity contribution in [1.29, 1.82) is 0 Å². The minimum absolute atomic E-state index is 0. The molecule has 0 radical (unpaired) electrons. The molecule has 4 aromatic rings. The van der Waals surface area contributed by atoms with Gasteiger partial charge in [0.25, 0.3) is 10.1 Å². The molecule has 0 aliphatic heterocycles. The summed E-state index contributed by atoms with van der Waals surface area (Å²) in [6, 6.07) is 21.4. The van der Waals surface area contributed by atoms with Crippen LogP contribution in [0.5, 0.6) is 34.5 Å². The Hall–Kier alpha value is -2.84. The van der Waals surface area contributed by atoms with Crippen LogP contribution in [0, 0.1) is 0 Å². The van der Waals surface area contributed by atoms with E-state index >= 15 is 0 Å². The molecule has 0 spiro atoms. The van der Waals surface area contributed by atoms with Gasteiger partial charge in [0.2, 0.25) is 0 Å². The van der Waals surface area contributed by atoms with Gasteiger partial charge in [0.15, 0.2) is 11.5 Å². The molecule has 0 atom stereocenters. The summed E-state index contributed by atoms with van der Waals surface area (Å²) < 4.78 is 77.1. The average molecular weight is 767 g/mol. The van der Waals surface area contributed by atoms with E-state index in [1.165, 1.54) is 68.1 Å². The molecular formula is C38H46CaO10S2. The van der Waals surface area contributed by atoms with E-state index in [0.29, 0.717) is 12.0 Å². The number of phenols is 1. The molecule has 4 aromatic carbocycles. The van der Waals surface area contributed by atoms with E-state index in [4.69, 9.17) is 9.47 Å². The van der Waals surface area contributed by atoms with Gasteiger partial charge in [-0.15, -0.1) is 0 Å².